The lowest BCUT2D eigenvalue weighted by Gasteiger charge is -2.16. The van der Waals surface area contributed by atoms with Gasteiger partial charge in [0.05, 0.1) is 6.07 Å². The summed E-state index contributed by atoms with van der Waals surface area (Å²) in [6.07, 6.45) is 0. The van der Waals surface area contributed by atoms with Crippen LogP contribution in [-0.4, -0.2) is 24.4 Å². The predicted molar refractivity (Wildman–Crippen MR) is 58.5 cm³/mol. The number of hydrogen-bond donors (Lipinski definition) is 0. The number of nitriles is 1. The molecule has 0 aromatic heterocycles. The molecule has 0 aliphatic carbocycles. The molecule has 0 aliphatic heterocycles. The first-order valence-corrected chi connectivity index (χ1v) is 4.76. The molecule has 0 radical (unpaired) electrons. The third kappa shape index (κ3) is 2.35. The van der Waals surface area contributed by atoms with Crippen molar-refractivity contribution in [3.05, 3.63) is 34.9 Å². The molecule has 3 heteroatoms. The Morgan fingerprint density at radius 2 is 1.93 bits per heavy atom. The minimum absolute atomic E-state index is 0.0906. The Labute approximate surface area is 89.9 Å². The summed E-state index contributed by atoms with van der Waals surface area (Å²) >= 11 is 0. The molecule has 1 amide bonds. The van der Waals surface area contributed by atoms with Crippen molar-refractivity contribution in [2.45, 2.75) is 13.8 Å². The van der Waals surface area contributed by atoms with Crippen LogP contribution < -0.4 is 0 Å². The van der Waals surface area contributed by atoms with E-state index < -0.39 is 0 Å². The average molecular weight is 202 g/mol. The van der Waals surface area contributed by atoms with Crippen molar-refractivity contribution in [3.63, 3.8) is 0 Å². The van der Waals surface area contributed by atoms with Gasteiger partial charge in [-0.25, -0.2) is 0 Å². The number of nitrogens with zero attached hydrogens (tertiary/aromatic N) is 2. The van der Waals surface area contributed by atoms with Gasteiger partial charge in [-0.1, -0.05) is 18.2 Å². The van der Waals surface area contributed by atoms with Crippen LogP contribution in [0.1, 0.15) is 21.5 Å². The molecule has 0 fully saturated rings. The highest BCUT2D eigenvalue weighted by molar-refractivity contribution is 5.97. The molecule has 0 spiro atoms. The van der Waals surface area contributed by atoms with Crippen LogP contribution in [0.4, 0.5) is 0 Å². The lowest BCUT2D eigenvalue weighted by Crippen LogP contribution is -2.28. The molecule has 0 unspecified atom stereocenters. The van der Waals surface area contributed by atoms with Crippen molar-refractivity contribution in [2.24, 2.45) is 0 Å². The Morgan fingerprint density at radius 1 is 1.40 bits per heavy atom. The van der Waals surface area contributed by atoms with Gasteiger partial charge in [-0.3, -0.25) is 4.79 Å². The fourth-order valence-corrected chi connectivity index (χ4v) is 1.52. The van der Waals surface area contributed by atoms with E-state index in [1.807, 2.05) is 38.1 Å². The van der Waals surface area contributed by atoms with Crippen LogP contribution in [0.5, 0.6) is 0 Å². The van der Waals surface area contributed by atoms with E-state index >= 15 is 0 Å². The number of hydrogen-bond acceptors (Lipinski definition) is 2. The molecule has 78 valence electrons. The van der Waals surface area contributed by atoms with Gasteiger partial charge in [0.1, 0.15) is 6.54 Å². The summed E-state index contributed by atoms with van der Waals surface area (Å²) in [6.45, 7) is 3.92. The van der Waals surface area contributed by atoms with Crippen LogP contribution in [0, 0.1) is 25.2 Å². The second-order valence-corrected chi connectivity index (χ2v) is 3.59. The molecule has 1 aromatic rings. The zero-order valence-electron chi connectivity index (χ0n) is 9.24. The number of rotatable bonds is 2. The average Bonchev–Trinajstić information content (AvgIpc) is 2.17. The molecule has 0 heterocycles. The molecule has 0 saturated heterocycles. The van der Waals surface area contributed by atoms with Crippen LogP contribution in [0.25, 0.3) is 0 Å². The van der Waals surface area contributed by atoms with Crippen LogP contribution in [0.2, 0.25) is 0 Å². The zero-order valence-corrected chi connectivity index (χ0v) is 9.24. The fourth-order valence-electron chi connectivity index (χ4n) is 1.52. The maximum Gasteiger partial charge on any atom is 0.254 e. The number of carbonyl (C=O) groups is 1. The van der Waals surface area contributed by atoms with E-state index in [0.717, 1.165) is 11.1 Å². The van der Waals surface area contributed by atoms with Crippen molar-refractivity contribution in [1.29, 1.82) is 5.26 Å². The number of benzene rings is 1. The Balaban J connectivity index is 3.07. The Kier molecular flexibility index (Phi) is 3.46. The van der Waals surface area contributed by atoms with E-state index in [1.165, 1.54) is 4.90 Å². The van der Waals surface area contributed by atoms with Crippen molar-refractivity contribution in [3.8, 4) is 6.07 Å². The van der Waals surface area contributed by atoms with E-state index in [2.05, 4.69) is 0 Å². The van der Waals surface area contributed by atoms with Crippen molar-refractivity contribution in [2.75, 3.05) is 13.6 Å². The summed E-state index contributed by atoms with van der Waals surface area (Å²) in [7, 11) is 1.64. The second-order valence-electron chi connectivity index (χ2n) is 3.59. The van der Waals surface area contributed by atoms with Crippen molar-refractivity contribution in [1.82, 2.24) is 4.90 Å². The highest BCUT2D eigenvalue weighted by Crippen LogP contribution is 2.14. The number of carbonyl (C=O) groups excluding carboxylic acids is 1. The molecule has 0 saturated carbocycles. The largest absolute Gasteiger partial charge is 0.328 e. The zero-order chi connectivity index (χ0) is 11.4. The molecule has 0 bridgehead atoms. The van der Waals surface area contributed by atoms with E-state index in [-0.39, 0.29) is 12.5 Å². The summed E-state index contributed by atoms with van der Waals surface area (Å²) in [6, 6.07) is 7.69. The smallest absolute Gasteiger partial charge is 0.254 e. The minimum Gasteiger partial charge on any atom is -0.328 e. The normalized spacial score (nSPS) is 9.47. The van der Waals surface area contributed by atoms with Gasteiger partial charge in [0.15, 0.2) is 0 Å². The summed E-state index contributed by atoms with van der Waals surface area (Å²) in [5.74, 6) is -0.0906. The van der Waals surface area contributed by atoms with Gasteiger partial charge in [0.2, 0.25) is 0 Å². The van der Waals surface area contributed by atoms with E-state index in [0.29, 0.717) is 5.56 Å². The van der Waals surface area contributed by atoms with E-state index in [4.69, 9.17) is 5.26 Å². The van der Waals surface area contributed by atoms with Crippen LogP contribution in [-0.2, 0) is 0 Å². The number of amides is 1. The standard InChI is InChI=1S/C12H14N2O/c1-9-5-4-6-10(2)11(9)12(15)14(3)8-7-13/h4-6H,8H2,1-3H3. The van der Waals surface area contributed by atoms with Gasteiger partial charge >= 0.3 is 0 Å². The van der Waals surface area contributed by atoms with Gasteiger partial charge in [0, 0.05) is 12.6 Å². The van der Waals surface area contributed by atoms with Crippen LogP contribution in [0.3, 0.4) is 0 Å². The van der Waals surface area contributed by atoms with Gasteiger partial charge in [-0.05, 0) is 25.0 Å². The lowest BCUT2D eigenvalue weighted by atomic mass is 10.0. The van der Waals surface area contributed by atoms with Crippen molar-refractivity contribution < 1.29 is 4.79 Å². The van der Waals surface area contributed by atoms with Crippen LogP contribution in [0.15, 0.2) is 18.2 Å². The predicted octanol–water partition coefficient (Wildman–Crippen LogP) is 1.90. The third-order valence-electron chi connectivity index (χ3n) is 2.35. The Morgan fingerprint density at radius 3 is 2.40 bits per heavy atom. The molecular formula is C12H14N2O. The van der Waals surface area contributed by atoms with E-state index in [1.54, 1.807) is 7.05 Å². The second kappa shape index (κ2) is 4.61. The third-order valence-corrected chi connectivity index (χ3v) is 2.35. The van der Waals surface area contributed by atoms with Gasteiger partial charge in [0.25, 0.3) is 5.91 Å². The van der Waals surface area contributed by atoms with E-state index in [9.17, 15) is 4.79 Å². The van der Waals surface area contributed by atoms with Gasteiger partial charge in [-0.15, -0.1) is 0 Å². The minimum atomic E-state index is -0.0906. The molecule has 0 aliphatic rings. The first kappa shape index (κ1) is 11.3. The van der Waals surface area contributed by atoms with Crippen molar-refractivity contribution >= 4 is 5.91 Å². The maximum atomic E-state index is 12.0. The SMILES string of the molecule is Cc1cccc(C)c1C(=O)N(C)CC#N. The topological polar surface area (TPSA) is 44.1 Å². The molecular weight excluding hydrogens is 188 g/mol. The highest BCUT2D eigenvalue weighted by Gasteiger charge is 2.15. The summed E-state index contributed by atoms with van der Waals surface area (Å²) in [5.41, 5.74) is 2.60. The summed E-state index contributed by atoms with van der Waals surface area (Å²) in [4.78, 5) is 13.4. The van der Waals surface area contributed by atoms with Gasteiger partial charge in [-0.2, -0.15) is 5.26 Å². The molecule has 0 N–H and O–H groups in total. The maximum absolute atomic E-state index is 12.0. The molecule has 3 nitrogen and oxygen atoms in total. The monoisotopic (exact) mass is 202 g/mol. The first-order valence-electron chi connectivity index (χ1n) is 4.76. The Hall–Kier alpha value is -1.82. The summed E-state index contributed by atoms with van der Waals surface area (Å²) < 4.78 is 0. The molecule has 1 rings (SSSR count). The first-order chi connectivity index (χ1) is 7.07. The highest BCUT2D eigenvalue weighted by atomic mass is 16.2. The lowest BCUT2D eigenvalue weighted by molar-refractivity contribution is 0.0810. The molecule has 1 aromatic carbocycles. The van der Waals surface area contributed by atoms with Gasteiger partial charge < -0.3 is 4.90 Å². The van der Waals surface area contributed by atoms with Crippen LogP contribution >= 0.6 is 0 Å². The molecule has 0 atom stereocenters. The molecule has 15 heavy (non-hydrogen) atoms. The Bertz CT molecular complexity index is 398. The number of aryl methyl sites for hydroxylation is 2. The quantitative estimate of drug-likeness (QED) is 0.687. The summed E-state index contributed by atoms with van der Waals surface area (Å²) in [5, 5.41) is 8.53. The fraction of sp³-hybridized carbons (Fsp3) is 0.333.